The third-order valence-corrected chi connectivity index (χ3v) is 4.89. The number of aliphatic hydroxyl groups excluding tert-OH is 4. The van der Waals surface area contributed by atoms with Crippen molar-refractivity contribution in [1.82, 2.24) is 0 Å². The molecule has 0 aromatic heterocycles. The first-order chi connectivity index (χ1) is 12.6. The van der Waals surface area contributed by atoms with Crippen molar-refractivity contribution in [3.8, 4) is 0 Å². The van der Waals surface area contributed by atoms with Crippen LogP contribution in [0, 0.1) is 12.3 Å². The van der Waals surface area contributed by atoms with Crippen molar-refractivity contribution in [3.63, 3.8) is 0 Å². The smallest absolute Gasteiger partial charge is 0.324 e. The van der Waals surface area contributed by atoms with Crippen molar-refractivity contribution >= 4 is 8.60 Å². The second-order valence-electron chi connectivity index (χ2n) is 9.25. The van der Waals surface area contributed by atoms with E-state index in [0.717, 1.165) is 11.1 Å². The molecule has 164 valence electrons. The summed E-state index contributed by atoms with van der Waals surface area (Å²) in [5, 5.41) is 39.7. The molecule has 0 aliphatic heterocycles. The van der Waals surface area contributed by atoms with Gasteiger partial charge in [0, 0.05) is 0 Å². The van der Waals surface area contributed by atoms with E-state index in [1.807, 2.05) is 12.1 Å². The molecular formula is C20H37O7P. The van der Waals surface area contributed by atoms with E-state index < -0.39 is 39.9 Å². The number of hydrogen-bond acceptors (Lipinski definition) is 7. The normalized spacial score (nSPS) is 14.0. The minimum absolute atomic E-state index is 0.111. The molecule has 28 heavy (non-hydrogen) atoms. The minimum Gasteiger partial charge on any atom is -0.395 e. The van der Waals surface area contributed by atoms with Crippen LogP contribution in [-0.2, 0) is 10.8 Å². The fourth-order valence-electron chi connectivity index (χ4n) is 3.22. The number of hydrogen-bond donors (Lipinski definition) is 7. The Morgan fingerprint density at radius 3 is 1.29 bits per heavy atom. The topological polar surface area (TPSA) is 142 Å². The van der Waals surface area contributed by atoms with Crippen molar-refractivity contribution in [1.29, 1.82) is 0 Å². The predicted octanol–water partition coefficient (Wildman–Crippen LogP) is 1.78. The molecule has 0 aliphatic rings. The Morgan fingerprint density at radius 1 is 0.786 bits per heavy atom. The summed E-state index contributed by atoms with van der Waals surface area (Å²) in [6, 6.07) is 3.87. The van der Waals surface area contributed by atoms with E-state index in [9.17, 15) is 20.4 Å². The van der Waals surface area contributed by atoms with E-state index in [-0.39, 0.29) is 10.8 Å². The van der Waals surface area contributed by atoms with Gasteiger partial charge in [-0.1, -0.05) is 53.7 Å². The second-order valence-corrected chi connectivity index (χ2v) is 9.79. The van der Waals surface area contributed by atoms with Gasteiger partial charge in [-0.3, -0.25) is 0 Å². The fraction of sp³-hybridized carbons (Fsp3) is 0.700. The van der Waals surface area contributed by atoms with Gasteiger partial charge < -0.3 is 35.1 Å². The highest BCUT2D eigenvalue weighted by atomic mass is 31.2. The molecule has 1 rings (SSSR count). The van der Waals surface area contributed by atoms with Crippen LogP contribution in [0.25, 0.3) is 0 Å². The lowest BCUT2D eigenvalue weighted by Gasteiger charge is -2.36. The van der Waals surface area contributed by atoms with Crippen LogP contribution in [0.5, 0.6) is 0 Å². The highest BCUT2D eigenvalue weighted by Crippen LogP contribution is 2.40. The maximum absolute atomic E-state index is 10.8. The first kappa shape index (κ1) is 27.4. The molecule has 8 heteroatoms. The third-order valence-electron chi connectivity index (χ3n) is 4.89. The van der Waals surface area contributed by atoms with Crippen molar-refractivity contribution in [2.75, 3.05) is 19.8 Å². The average molecular weight is 420 g/mol. The van der Waals surface area contributed by atoms with Crippen LogP contribution < -0.4 is 0 Å². The number of benzene rings is 1. The fourth-order valence-corrected chi connectivity index (χ4v) is 3.22. The Hall–Kier alpha value is -0.630. The van der Waals surface area contributed by atoms with Gasteiger partial charge in [0.1, 0.15) is 0 Å². The molecule has 1 unspecified atom stereocenters. The van der Waals surface area contributed by atoms with E-state index in [4.69, 9.17) is 14.7 Å². The first-order valence-electron chi connectivity index (χ1n) is 9.10. The summed E-state index contributed by atoms with van der Waals surface area (Å²) in [6.45, 7) is 13.3. The zero-order chi connectivity index (χ0) is 22.5. The summed E-state index contributed by atoms with van der Waals surface area (Å²) in [5.74, 6) is 0. The summed E-state index contributed by atoms with van der Waals surface area (Å²) in [6.07, 6.45) is -1.15. The molecule has 0 heterocycles. The molecule has 0 saturated carbocycles. The molecule has 0 radical (unpaired) electrons. The van der Waals surface area contributed by atoms with Gasteiger partial charge in [0.2, 0.25) is 0 Å². The highest BCUT2D eigenvalue weighted by Gasteiger charge is 2.39. The van der Waals surface area contributed by atoms with E-state index in [2.05, 4.69) is 48.5 Å². The number of aliphatic hydroxyl groups is 4. The van der Waals surface area contributed by atoms with Crippen LogP contribution in [0.15, 0.2) is 12.1 Å². The SMILES string of the molecule is Cc1c(C(C)(C)C)cc(C(O)C(CO)(CO)CO)cc1C(C)(C)C.OP(O)O. The molecule has 1 aromatic carbocycles. The van der Waals surface area contributed by atoms with Gasteiger partial charge in [0.25, 0.3) is 0 Å². The molecule has 0 aliphatic carbocycles. The largest absolute Gasteiger partial charge is 0.395 e. The van der Waals surface area contributed by atoms with Crippen LogP contribution in [0.4, 0.5) is 0 Å². The summed E-state index contributed by atoms with van der Waals surface area (Å²) in [4.78, 5) is 21.7. The Labute approximate surface area is 169 Å². The van der Waals surface area contributed by atoms with Crippen molar-refractivity contribution in [2.24, 2.45) is 5.41 Å². The van der Waals surface area contributed by atoms with Crippen LogP contribution in [-0.4, -0.2) is 54.9 Å². The molecule has 0 spiro atoms. The lowest BCUT2D eigenvalue weighted by molar-refractivity contribution is -0.0852. The Bertz CT molecular complexity index is 568. The average Bonchev–Trinajstić information content (AvgIpc) is 2.54. The van der Waals surface area contributed by atoms with Gasteiger partial charge in [0.05, 0.1) is 31.3 Å². The van der Waals surface area contributed by atoms with Gasteiger partial charge in [0.15, 0.2) is 0 Å². The van der Waals surface area contributed by atoms with E-state index in [0.29, 0.717) is 5.56 Å². The first-order valence-corrected chi connectivity index (χ1v) is 10.3. The monoisotopic (exact) mass is 420 g/mol. The predicted molar refractivity (Wildman–Crippen MR) is 111 cm³/mol. The van der Waals surface area contributed by atoms with Crippen LogP contribution in [0.1, 0.15) is 69.9 Å². The van der Waals surface area contributed by atoms with Gasteiger partial charge in [-0.2, -0.15) is 0 Å². The van der Waals surface area contributed by atoms with Crippen molar-refractivity contribution in [3.05, 3.63) is 34.4 Å². The van der Waals surface area contributed by atoms with Gasteiger partial charge >= 0.3 is 8.60 Å². The quantitative estimate of drug-likeness (QED) is 0.360. The third kappa shape index (κ3) is 7.01. The standard InChI is InChI=1S/C20H34O4.H3O3P/c1-13-15(18(2,3)4)8-14(9-16(13)19(5,6)7)17(24)20(10-21,11-22)12-23;1-4(2)3/h8-9,17,21-24H,10-12H2,1-7H3;1-3H. The van der Waals surface area contributed by atoms with Crippen LogP contribution >= 0.6 is 8.60 Å². The van der Waals surface area contributed by atoms with Crippen LogP contribution in [0.3, 0.4) is 0 Å². The summed E-state index contributed by atoms with van der Waals surface area (Å²) in [7, 11) is -2.62. The molecule has 1 atom stereocenters. The summed E-state index contributed by atoms with van der Waals surface area (Å²) in [5.41, 5.74) is 2.46. The minimum atomic E-state index is -2.62. The van der Waals surface area contributed by atoms with Crippen molar-refractivity contribution < 1.29 is 35.1 Å². The molecule has 7 N–H and O–H groups in total. The van der Waals surface area contributed by atoms with E-state index in [1.165, 1.54) is 5.56 Å². The van der Waals surface area contributed by atoms with Crippen molar-refractivity contribution in [2.45, 2.75) is 65.4 Å². The highest BCUT2D eigenvalue weighted by molar-refractivity contribution is 7.38. The van der Waals surface area contributed by atoms with Gasteiger partial charge in [-0.25, -0.2) is 0 Å². The second kappa shape index (κ2) is 10.4. The molecule has 0 saturated heterocycles. The molecule has 0 amide bonds. The maximum atomic E-state index is 10.8. The molecule has 0 fully saturated rings. The summed E-state index contributed by atoms with van der Waals surface area (Å²) < 4.78 is 0. The van der Waals surface area contributed by atoms with Gasteiger partial charge in [-0.15, -0.1) is 0 Å². The zero-order valence-corrected chi connectivity index (χ0v) is 18.8. The molecule has 7 nitrogen and oxygen atoms in total. The maximum Gasteiger partial charge on any atom is 0.324 e. The Balaban J connectivity index is 0.00000165. The molecular weight excluding hydrogens is 383 g/mol. The molecule has 1 aromatic rings. The molecule has 0 bridgehead atoms. The Morgan fingerprint density at radius 2 is 1.07 bits per heavy atom. The summed E-state index contributed by atoms with van der Waals surface area (Å²) >= 11 is 0. The van der Waals surface area contributed by atoms with Gasteiger partial charge in [-0.05, 0) is 40.0 Å². The van der Waals surface area contributed by atoms with Crippen LogP contribution in [0.2, 0.25) is 0 Å². The lowest BCUT2D eigenvalue weighted by atomic mass is 9.73. The number of rotatable bonds is 5. The van der Waals surface area contributed by atoms with E-state index in [1.54, 1.807) is 0 Å². The zero-order valence-electron chi connectivity index (χ0n) is 17.9. The Kier molecular flexibility index (Phi) is 10.2. The lowest BCUT2D eigenvalue weighted by Crippen LogP contribution is -2.40. The van der Waals surface area contributed by atoms with E-state index >= 15 is 0 Å².